The van der Waals surface area contributed by atoms with Gasteiger partial charge in [-0.05, 0) is 34.5 Å². The molecule has 2 rings (SSSR count). The van der Waals surface area contributed by atoms with E-state index in [-0.39, 0.29) is 5.82 Å². The molecule has 0 bridgehead atoms. The molecule has 0 saturated heterocycles. The summed E-state index contributed by atoms with van der Waals surface area (Å²) in [5.41, 5.74) is 0.459. The minimum atomic E-state index is -1.01. The summed E-state index contributed by atoms with van der Waals surface area (Å²) in [7, 11) is 0. The maximum atomic E-state index is 13.4. The first-order valence-corrected chi connectivity index (χ1v) is 5.80. The van der Waals surface area contributed by atoms with E-state index in [1.807, 2.05) is 6.92 Å². The summed E-state index contributed by atoms with van der Waals surface area (Å²) < 4.78 is 40.2. The van der Waals surface area contributed by atoms with Crippen LogP contribution in [0, 0.1) is 24.4 Å². The van der Waals surface area contributed by atoms with Crippen LogP contribution in [0.5, 0.6) is 0 Å². The zero-order valence-electron chi connectivity index (χ0n) is 9.27. The quantitative estimate of drug-likeness (QED) is 0.892. The summed E-state index contributed by atoms with van der Waals surface area (Å²) in [4.78, 5) is 3.99. The number of aromatic nitrogens is 1. The van der Waals surface area contributed by atoms with Crippen LogP contribution in [-0.4, -0.2) is 4.98 Å². The average Bonchev–Trinajstić information content (AvgIpc) is 2.25. The number of hydrogen-bond acceptors (Lipinski definition) is 2. The number of hydrogen-bond donors (Lipinski definition) is 1. The van der Waals surface area contributed by atoms with E-state index < -0.39 is 23.1 Å². The Balaban J connectivity index is 2.40. The van der Waals surface area contributed by atoms with Crippen molar-refractivity contribution in [2.75, 3.05) is 5.32 Å². The van der Waals surface area contributed by atoms with Crippen LogP contribution in [0.25, 0.3) is 0 Å². The Hall–Kier alpha value is -1.56. The summed E-state index contributed by atoms with van der Waals surface area (Å²) in [5, 5.41) is 2.49. The highest BCUT2D eigenvalue weighted by molar-refractivity contribution is 9.10. The Morgan fingerprint density at radius 2 is 1.72 bits per heavy atom. The van der Waals surface area contributed by atoms with Crippen LogP contribution < -0.4 is 5.32 Å². The first-order chi connectivity index (χ1) is 8.47. The van der Waals surface area contributed by atoms with Gasteiger partial charge in [0.2, 0.25) is 0 Å². The predicted octanol–water partition coefficient (Wildman–Crippen LogP) is 4.31. The SMILES string of the molecule is Cc1cnc(Nc2c(F)cc(F)cc2F)c(Br)c1. The number of anilines is 2. The molecular weight excluding hydrogens is 309 g/mol. The summed E-state index contributed by atoms with van der Waals surface area (Å²) in [6.07, 6.45) is 1.55. The molecule has 0 fully saturated rings. The monoisotopic (exact) mass is 316 g/mol. The highest BCUT2D eigenvalue weighted by Crippen LogP contribution is 2.28. The van der Waals surface area contributed by atoms with Crippen molar-refractivity contribution >= 4 is 27.4 Å². The number of halogens is 4. The Kier molecular flexibility index (Phi) is 3.56. The minimum absolute atomic E-state index is 0.255. The third-order valence-corrected chi connectivity index (χ3v) is 2.83. The van der Waals surface area contributed by atoms with Crippen LogP contribution in [0.3, 0.4) is 0 Å². The highest BCUT2D eigenvalue weighted by atomic mass is 79.9. The van der Waals surface area contributed by atoms with Gasteiger partial charge >= 0.3 is 0 Å². The first kappa shape index (κ1) is 12.9. The van der Waals surface area contributed by atoms with E-state index >= 15 is 0 Å². The molecule has 18 heavy (non-hydrogen) atoms. The average molecular weight is 317 g/mol. The zero-order chi connectivity index (χ0) is 13.3. The van der Waals surface area contributed by atoms with Gasteiger partial charge in [-0.3, -0.25) is 0 Å². The van der Waals surface area contributed by atoms with Crippen LogP contribution in [0.15, 0.2) is 28.9 Å². The molecule has 2 nitrogen and oxygen atoms in total. The van der Waals surface area contributed by atoms with Crippen LogP contribution in [-0.2, 0) is 0 Å². The molecule has 1 N–H and O–H groups in total. The van der Waals surface area contributed by atoms with Crippen molar-refractivity contribution in [1.29, 1.82) is 0 Å². The number of pyridine rings is 1. The van der Waals surface area contributed by atoms with E-state index in [2.05, 4.69) is 26.2 Å². The number of benzene rings is 1. The third kappa shape index (κ3) is 2.64. The van der Waals surface area contributed by atoms with Crippen molar-refractivity contribution in [3.8, 4) is 0 Å². The molecule has 1 heterocycles. The standard InChI is InChI=1S/C12H8BrF3N2/c1-6-2-8(13)12(17-5-6)18-11-9(15)3-7(14)4-10(11)16/h2-5H,1H3,(H,17,18). The van der Waals surface area contributed by atoms with Gasteiger partial charge in [0, 0.05) is 18.3 Å². The van der Waals surface area contributed by atoms with Gasteiger partial charge in [-0.15, -0.1) is 0 Å². The second-order valence-electron chi connectivity index (χ2n) is 3.71. The molecule has 1 aromatic carbocycles. The fourth-order valence-corrected chi connectivity index (χ4v) is 1.97. The van der Waals surface area contributed by atoms with Crippen LogP contribution in [0.4, 0.5) is 24.7 Å². The number of rotatable bonds is 2. The van der Waals surface area contributed by atoms with E-state index in [0.29, 0.717) is 16.6 Å². The van der Waals surface area contributed by atoms with Crippen molar-refractivity contribution in [2.45, 2.75) is 6.92 Å². The van der Waals surface area contributed by atoms with Crippen molar-refractivity contribution in [1.82, 2.24) is 4.98 Å². The minimum Gasteiger partial charge on any atom is -0.334 e. The molecule has 0 amide bonds. The van der Waals surface area contributed by atoms with Crippen molar-refractivity contribution < 1.29 is 13.2 Å². The molecular formula is C12H8BrF3N2. The van der Waals surface area contributed by atoms with Crippen LogP contribution in [0.2, 0.25) is 0 Å². The molecule has 0 atom stereocenters. The van der Waals surface area contributed by atoms with Gasteiger partial charge in [-0.1, -0.05) is 0 Å². The fourth-order valence-electron chi connectivity index (χ4n) is 1.41. The van der Waals surface area contributed by atoms with Gasteiger partial charge in [0.15, 0.2) is 11.6 Å². The summed E-state index contributed by atoms with van der Waals surface area (Å²) >= 11 is 3.22. The topological polar surface area (TPSA) is 24.9 Å². The van der Waals surface area contributed by atoms with Gasteiger partial charge in [-0.2, -0.15) is 0 Å². The number of nitrogens with one attached hydrogen (secondary N) is 1. The van der Waals surface area contributed by atoms with Gasteiger partial charge < -0.3 is 5.32 Å². The molecule has 0 unspecified atom stereocenters. The lowest BCUT2D eigenvalue weighted by Gasteiger charge is -2.10. The second kappa shape index (κ2) is 4.97. The number of nitrogens with zero attached hydrogens (tertiary/aromatic N) is 1. The number of aryl methyl sites for hydroxylation is 1. The smallest absolute Gasteiger partial charge is 0.152 e. The second-order valence-corrected chi connectivity index (χ2v) is 4.57. The van der Waals surface area contributed by atoms with Crippen LogP contribution >= 0.6 is 15.9 Å². The summed E-state index contributed by atoms with van der Waals surface area (Å²) in [6, 6.07) is 2.95. The van der Waals surface area contributed by atoms with E-state index in [1.165, 1.54) is 0 Å². The Labute approximate surface area is 110 Å². The molecule has 0 spiro atoms. The lowest BCUT2D eigenvalue weighted by atomic mass is 10.2. The van der Waals surface area contributed by atoms with Crippen molar-refractivity contribution in [2.24, 2.45) is 0 Å². The normalized spacial score (nSPS) is 10.5. The Morgan fingerprint density at radius 1 is 1.11 bits per heavy atom. The Morgan fingerprint density at radius 3 is 2.28 bits per heavy atom. The molecule has 0 aliphatic carbocycles. The maximum Gasteiger partial charge on any atom is 0.152 e. The highest BCUT2D eigenvalue weighted by Gasteiger charge is 2.13. The molecule has 1 aromatic heterocycles. The van der Waals surface area contributed by atoms with Gasteiger partial charge in [-0.25, -0.2) is 18.2 Å². The van der Waals surface area contributed by atoms with Gasteiger partial charge in [0.25, 0.3) is 0 Å². The zero-order valence-corrected chi connectivity index (χ0v) is 10.9. The van der Waals surface area contributed by atoms with Gasteiger partial charge in [0.1, 0.15) is 17.3 Å². The van der Waals surface area contributed by atoms with Crippen molar-refractivity contribution in [3.63, 3.8) is 0 Å². The molecule has 0 saturated carbocycles. The molecule has 6 heteroatoms. The largest absolute Gasteiger partial charge is 0.334 e. The Bertz CT molecular complexity index is 579. The summed E-state index contributed by atoms with van der Waals surface area (Å²) in [6.45, 7) is 1.83. The third-order valence-electron chi connectivity index (χ3n) is 2.23. The maximum absolute atomic E-state index is 13.4. The molecule has 2 aromatic rings. The lowest BCUT2D eigenvalue weighted by Crippen LogP contribution is -2.01. The van der Waals surface area contributed by atoms with E-state index in [1.54, 1.807) is 12.3 Å². The first-order valence-electron chi connectivity index (χ1n) is 5.01. The molecule has 0 radical (unpaired) electrons. The van der Waals surface area contributed by atoms with Crippen molar-refractivity contribution in [3.05, 3.63) is 51.9 Å². The van der Waals surface area contributed by atoms with E-state index in [0.717, 1.165) is 5.56 Å². The van der Waals surface area contributed by atoms with Crippen LogP contribution in [0.1, 0.15) is 5.56 Å². The van der Waals surface area contributed by atoms with Gasteiger partial charge in [0.05, 0.1) is 4.47 Å². The fraction of sp³-hybridized carbons (Fsp3) is 0.0833. The molecule has 0 aliphatic heterocycles. The van der Waals surface area contributed by atoms with E-state index in [9.17, 15) is 13.2 Å². The predicted molar refractivity (Wildman–Crippen MR) is 66.3 cm³/mol. The molecule has 94 valence electrons. The summed E-state index contributed by atoms with van der Waals surface area (Å²) in [5.74, 6) is -2.74. The lowest BCUT2D eigenvalue weighted by molar-refractivity contribution is 0.548. The molecule has 0 aliphatic rings. The van der Waals surface area contributed by atoms with E-state index in [4.69, 9.17) is 0 Å².